The van der Waals surface area contributed by atoms with E-state index in [1.165, 1.54) is 6.08 Å². The number of hydrogen-bond donors (Lipinski definition) is 2. The van der Waals surface area contributed by atoms with Crippen molar-refractivity contribution in [3.8, 4) is 0 Å². The first-order valence-electron chi connectivity index (χ1n) is 8.40. The van der Waals surface area contributed by atoms with Crippen molar-refractivity contribution in [2.24, 2.45) is 0 Å². The first-order valence-corrected chi connectivity index (χ1v) is 8.40. The summed E-state index contributed by atoms with van der Waals surface area (Å²) in [5.41, 5.74) is 3.37. The van der Waals surface area contributed by atoms with Gasteiger partial charge in [-0.1, -0.05) is 18.2 Å². The van der Waals surface area contributed by atoms with E-state index >= 15 is 0 Å². The smallest absolute Gasteiger partial charge is 0.282 e. The van der Waals surface area contributed by atoms with Crippen molar-refractivity contribution in [3.05, 3.63) is 65.2 Å². The van der Waals surface area contributed by atoms with Gasteiger partial charge in [0.2, 0.25) is 0 Å². The first kappa shape index (κ1) is 17.9. The summed E-state index contributed by atoms with van der Waals surface area (Å²) >= 11 is 0. The Balaban J connectivity index is 1.78. The van der Waals surface area contributed by atoms with Gasteiger partial charge in [-0.3, -0.25) is 15.0 Å². The van der Waals surface area contributed by atoms with E-state index in [1.54, 1.807) is 41.4 Å². The highest BCUT2D eigenvalue weighted by Gasteiger charge is 2.19. The van der Waals surface area contributed by atoms with Gasteiger partial charge in [0, 0.05) is 24.7 Å². The van der Waals surface area contributed by atoms with Crippen LogP contribution in [-0.4, -0.2) is 43.1 Å². The molecule has 7 heteroatoms. The Bertz CT molecular complexity index is 792. The Morgan fingerprint density at radius 2 is 1.81 bits per heavy atom. The maximum absolute atomic E-state index is 12.7. The Kier molecular flexibility index (Phi) is 5.83. The van der Waals surface area contributed by atoms with Gasteiger partial charge in [0.1, 0.15) is 17.2 Å². The number of hydrazine groups is 1. The topological polar surface area (TPSA) is 83.8 Å². The van der Waals surface area contributed by atoms with Crippen LogP contribution in [0.1, 0.15) is 21.9 Å². The molecule has 1 aromatic carbocycles. The zero-order valence-electron chi connectivity index (χ0n) is 14.5. The summed E-state index contributed by atoms with van der Waals surface area (Å²) in [6.45, 7) is 4.09. The molecule has 2 amide bonds. The Hall–Kier alpha value is -2.90. The molecule has 0 unspecified atom stereocenters. The molecule has 1 aliphatic heterocycles. The number of nitrogens with one attached hydrogen (secondary N) is 2. The lowest BCUT2D eigenvalue weighted by Crippen LogP contribution is -2.50. The molecule has 0 aliphatic carbocycles. The molecule has 1 fully saturated rings. The Labute approximate surface area is 151 Å². The molecule has 7 nitrogen and oxygen atoms in total. The summed E-state index contributed by atoms with van der Waals surface area (Å²) in [7, 11) is 0. The number of hydrogen-bond acceptors (Lipinski definition) is 5. The lowest BCUT2D eigenvalue weighted by atomic mass is 10.2. The third-order valence-electron chi connectivity index (χ3n) is 3.85. The minimum Gasteiger partial charge on any atom is -0.462 e. The molecule has 0 saturated carbocycles. The number of rotatable bonds is 5. The number of ether oxygens (including phenoxy) is 1. The molecular weight excluding hydrogens is 334 g/mol. The molecular formula is C19H21N3O4. The van der Waals surface area contributed by atoms with Crippen LogP contribution >= 0.6 is 0 Å². The van der Waals surface area contributed by atoms with Gasteiger partial charge < -0.3 is 14.5 Å². The van der Waals surface area contributed by atoms with E-state index < -0.39 is 5.91 Å². The highest BCUT2D eigenvalue weighted by atomic mass is 16.5. The molecule has 2 heterocycles. The Morgan fingerprint density at radius 1 is 1.08 bits per heavy atom. The van der Waals surface area contributed by atoms with Crippen molar-refractivity contribution < 1.29 is 18.7 Å². The zero-order chi connectivity index (χ0) is 18.4. The second kappa shape index (κ2) is 8.46. The minimum atomic E-state index is -0.412. The van der Waals surface area contributed by atoms with Gasteiger partial charge in [0.15, 0.2) is 0 Å². The van der Waals surface area contributed by atoms with Crippen LogP contribution in [-0.2, 0) is 9.53 Å². The second-order valence-corrected chi connectivity index (χ2v) is 5.87. The van der Waals surface area contributed by atoms with Crippen LogP contribution in [0.3, 0.4) is 0 Å². The number of benzene rings is 1. The molecule has 136 valence electrons. The van der Waals surface area contributed by atoms with Crippen molar-refractivity contribution >= 4 is 17.9 Å². The van der Waals surface area contributed by atoms with Gasteiger partial charge >= 0.3 is 0 Å². The van der Waals surface area contributed by atoms with Crippen LogP contribution < -0.4 is 10.7 Å². The highest BCUT2D eigenvalue weighted by Crippen LogP contribution is 2.11. The van der Waals surface area contributed by atoms with Crippen molar-refractivity contribution in [1.29, 1.82) is 0 Å². The fraction of sp³-hybridized carbons (Fsp3) is 0.263. The van der Waals surface area contributed by atoms with Crippen LogP contribution in [0.25, 0.3) is 6.08 Å². The average molecular weight is 355 g/mol. The van der Waals surface area contributed by atoms with Gasteiger partial charge in [-0.2, -0.15) is 0 Å². The van der Waals surface area contributed by atoms with E-state index in [0.29, 0.717) is 37.6 Å². The largest absolute Gasteiger partial charge is 0.462 e. The summed E-state index contributed by atoms with van der Waals surface area (Å²) in [5, 5.41) is 4.44. The van der Waals surface area contributed by atoms with Crippen LogP contribution in [0.2, 0.25) is 0 Å². The third-order valence-corrected chi connectivity index (χ3v) is 3.85. The number of morpholine rings is 1. The predicted molar refractivity (Wildman–Crippen MR) is 95.9 cm³/mol. The van der Waals surface area contributed by atoms with Crippen LogP contribution in [0, 0.1) is 6.92 Å². The fourth-order valence-electron chi connectivity index (χ4n) is 2.49. The quantitative estimate of drug-likeness (QED) is 0.798. The zero-order valence-corrected chi connectivity index (χ0v) is 14.5. The first-order chi connectivity index (χ1) is 12.6. The molecule has 2 N–H and O–H groups in total. The maximum atomic E-state index is 12.7. The second-order valence-electron chi connectivity index (χ2n) is 5.87. The van der Waals surface area contributed by atoms with Gasteiger partial charge in [-0.15, -0.1) is 0 Å². The number of furan rings is 1. The van der Waals surface area contributed by atoms with E-state index in [2.05, 4.69) is 10.7 Å². The minimum absolute atomic E-state index is 0.111. The number of aryl methyl sites for hydroxylation is 1. The van der Waals surface area contributed by atoms with Gasteiger partial charge in [0.25, 0.3) is 11.8 Å². The monoisotopic (exact) mass is 355 g/mol. The van der Waals surface area contributed by atoms with E-state index in [9.17, 15) is 9.59 Å². The molecule has 26 heavy (non-hydrogen) atoms. The normalized spacial score (nSPS) is 15.5. The molecule has 1 aromatic heterocycles. The number of carbonyl (C=O) groups is 2. The van der Waals surface area contributed by atoms with E-state index in [0.717, 1.165) is 5.76 Å². The molecule has 0 bridgehead atoms. The number of carbonyl (C=O) groups excluding carboxylic acids is 2. The lowest BCUT2D eigenvalue weighted by molar-refractivity contribution is -0.124. The SMILES string of the molecule is Cc1ccc(C=C(NC(=O)c2ccccc2)C(=O)NN2CCOCC2)o1. The number of nitrogens with zero attached hydrogens (tertiary/aromatic N) is 1. The molecule has 0 atom stereocenters. The van der Waals surface area contributed by atoms with E-state index in [4.69, 9.17) is 9.15 Å². The van der Waals surface area contributed by atoms with Crippen LogP contribution in [0.15, 0.2) is 52.6 Å². The number of amides is 2. The van der Waals surface area contributed by atoms with Crippen molar-refractivity contribution in [1.82, 2.24) is 15.8 Å². The Morgan fingerprint density at radius 3 is 2.46 bits per heavy atom. The fourth-order valence-corrected chi connectivity index (χ4v) is 2.49. The molecule has 2 aromatic rings. The average Bonchev–Trinajstić information content (AvgIpc) is 3.07. The van der Waals surface area contributed by atoms with Gasteiger partial charge in [-0.05, 0) is 31.2 Å². The summed E-state index contributed by atoms with van der Waals surface area (Å²) in [5.74, 6) is 0.434. The van der Waals surface area contributed by atoms with Gasteiger partial charge in [-0.25, -0.2) is 5.01 Å². The maximum Gasteiger partial charge on any atom is 0.282 e. The van der Waals surface area contributed by atoms with Gasteiger partial charge in [0.05, 0.1) is 13.2 Å². The summed E-state index contributed by atoms with van der Waals surface area (Å²) in [4.78, 5) is 25.1. The lowest BCUT2D eigenvalue weighted by Gasteiger charge is -2.27. The third kappa shape index (κ3) is 4.81. The van der Waals surface area contributed by atoms with E-state index in [1.807, 2.05) is 13.0 Å². The molecule has 1 saturated heterocycles. The molecule has 0 spiro atoms. The predicted octanol–water partition coefficient (Wildman–Crippen LogP) is 1.72. The standard InChI is InChI=1S/C19H21N3O4/c1-14-7-8-16(26-14)13-17(19(24)21-22-9-11-25-12-10-22)20-18(23)15-5-3-2-4-6-15/h2-8,13H,9-12H2,1H3,(H,20,23)(H,21,24). The highest BCUT2D eigenvalue weighted by molar-refractivity contribution is 6.04. The van der Waals surface area contributed by atoms with Crippen molar-refractivity contribution in [2.75, 3.05) is 26.3 Å². The van der Waals surface area contributed by atoms with Crippen LogP contribution in [0.4, 0.5) is 0 Å². The molecule has 1 aliphatic rings. The van der Waals surface area contributed by atoms with Crippen LogP contribution in [0.5, 0.6) is 0 Å². The van der Waals surface area contributed by atoms with Crippen molar-refractivity contribution in [3.63, 3.8) is 0 Å². The van der Waals surface area contributed by atoms with Crippen molar-refractivity contribution in [2.45, 2.75) is 6.92 Å². The summed E-state index contributed by atoms with van der Waals surface area (Å²) in [6, 6.07) is 12.3. The molecule has 3 rings (SSSR count). The molecule has 0 radical (unpaired) electrons. The summed E-state index contributed by atoms with van der Waals surface area (Å²) in [6.07, 6.45) is 1.52. The summed E-state index contributed by atoms with van der Waals surface area (Å²) < 4.78 is 10.8. The van der Waals surface area contributed by atoms with E-state index in [-0.39, 0.29) is 11.6 Å².